The maximum Gasteiger partial charge on any atom is 0.321 e. The number of hydrogen-bond acceptors (Lipinski definition) is 4. The number of nitrogens with one attached hydrogen (secondary N) is 1. The summed E-state index contributed by atoms with van der Waals surface area (Å²) in [5, 5.41) is 8.42. The molecule has 0 spiro atoms. The van der Waals surface area contributed by atoms with Crippen molar-refractivity contribution < 1.29 is 18.3 Å². The smallest absolute Gasteiger partial charge is 0.321 e. The SMILES string of the molecule is Cc1nc(S(=O)(=O)NC(C)C(=O)O)cn1C. The van der Waals surface area contributed by atoms with Gasteiger partial charge >= 0.3 is 5.97 Å². The first-order chi connectivity index (χ1) is 7.24. The Balaban J connectivity index is 2.99. The quantitative estimate of drug-likeness (QED) is 0.745. The van der Waals surface area contributed by atoms with E-state index in [-0.39, 0.29) is 5.03 Å². The number of hydrogen-bond donors (Lipinski definition) is 2. The molecule has 1 aromatic heterocycles. The molecule has 0 amide bonds. The minimum Gasteiger partial charge on any atom is -0.480 e. The summed E-state index contributed by atoms with van der Waals surface area (Å²) in [6.07, 6.45) is 1.33. The highest BCUT2D eigenvalue weighted by Crippen LogP contribution is 2.08. The number of carboxylic acid groups (broad SMARTS) is 1. The van der Waals surface area contributed by atoms with Crippen LogP contribution in [-0.4, -0.2) is 35.1 Å². The van der Waals surface area contributed by atoms with E-state index in [1.54, 1.807) is 18.5 Å². The Morgan fingerprint density at radius 3 is 2.56 bits per heavy atom. The van der Waals surface area contributed by atoms with Crippen LogP contribution in [0, 0.1) is 6.92 Å². The number of carboxylic acids is 1. The van der Waals surface area contributed by atoms with Crippen LogP contribution >= 0.6 is 0 Å². The number of carbonyl (C=O) groups is 1. The number of aromatic nitrogens is 2. The first kappa shape index (κ1) is 12.7. The number of imidazole rings is 1. The molecule has 16 heavy (non-hydrogen) atoms. The maximum atomic E-state index is 11.7. The van der Waals surface area contributed by atoms with Crippen LogP contribution in [0.15, 0.2) is 11.2 Å². The van der Waals surface area contributed by atoms with Crippen molar-refractivity contribution >= 4 is 16.0 Å². The Labute approximate surface area is 93.2 Å². The summed E-state index contributed by atoms with van der Waals surface area (Å²) in [4.78, 5) is 14.3. The minimum atomic E-state index is -3.87. The predicted molar refractivity (Wildman–Crippen MR) is 55.4 cm³/mol. The maximum absolute atomic E-state index is 11.7. The Morgan fingerprint density at radius 2 is 2.19 bits per heavy atom. The molecule has 0 saturated heterocycles. The molecule has 1 rings (SSSR count). The van der Waals surface area contributed by atoms with Gasteiger partial charge < -0.3 is 9.67 Å². The van der Waals surface area contributed by atoms with Crippen molar-refractivity contribution in [2.75, 3.05) is 0 Å². The highest BCUT2D eigenvalue weighted by Gasteiger charge is 2.23. The zero-order valence-corrected chi connectivity index (χ0v) is 9.95. The molecule has 0 fully saturated rings. The highest BCUT2D eigenvalue weighted by atomic mass is 32.2. The lowest BCUT2D eigenvalue weighted by molar-refractivity contribution is -0.138. The van der Waals surface area contributed by atoms with Crippen molar-refractivity contribution in [1.82, 2.24) is 14.3 Å². The van der Waals surface area contributed by atoms with Gasteiger partial charge in [-0.3, -0.25) is 4.79 Å². The standard InChI is InChI=1S/C8H13N3O4S/c1-5(8(12)13)10-16(14,15)7-4-11(3)6(2)9-7/h4-5,10H,1-3H3,(H,12,13). The van der Waals surface area contributed by atoms with Gasteiger partial charge in [-0.15, -0.1) is 0 Å². The molecule has 0 bridgehead atoms. The second kappa shape index (κ2) is 4.22. The number of rotatable bonds is 4. The summed E-state index contributed by atoms with van der Waals surface area (Å²) in [5.74, 6) is -0.709. The minimum absolute atomic E-state index is 0.180. The van der Waals surface area contributed by atoms with Crippen molar-refractivity contribution in [3.63, 3.8) is 0 Å². The number of aryl methyl sites for hydroxylation is 2. The molecule has 90 valence electrons. The van der Waals surface area contributed by atoms with E-state index in [4.69, 9.17) is 5.11 Å². The summed E-state index contributed by atoms with van der Waals surface area (Å²) in [6, 6.07) is -1.19. The molecule has 0 aliphatic heterocycles. The average Bonchev–Trinajstić information content (AvgIpc) is 2.47. The van der Waals surface area contributed by atoms with Crippen molar-refractivity contribution in [3.05, 3.63) is 12.0 Å². The van der Waals surface area contributed by atoms with Crippen LogP contribution < -0.4 is 4.72 Å². The molecule has 1 atom stereocenters. The van der Waals surface area contributed by atoms with Crippen LogP contribution in [0.3, 0.4) is 0 Å². The molecule has 0 aromatic carbocycles. The van der Waals surface area contributed by atoms with E-state index in [1.807, 2.05) is 4.72 Å². The lowest BCUT2D eigenvalue weighted by Crippen LogP contribution is -2.38. The molecule has 0 saturated carbocycles. The van der Waals surface area contributed by atoms with Crippen LogP contribution in [0.25, 0.3) is 0 Å². The summed E-state index contributed by atoms with van der Waals surface area (Å²) in [7, 11) is -2.21. The molecule has 0 aliphatic carbocycles. The third-order valence-electron chi connectivity index (χ3n) is 2.06. The molecular weight excluding hydrogens is 234 g/mol. The normalized spacial score (nSPS) is 13.7. The molecule has 2 N–H and O–H groups in total. The third kappa shape index (κ3) is 2.58. The fraction of sp³-hybridized carbons (Fsp3) is 0.500. The van der Waals surface area contributed by atoms with Gasteiger partial charge in [-0.05, 0) is 13.8 Å². The number of aliphatic carboxylic acids is 1. The van der Waals surface area contributed by atoms with E-state index in [0.29, 0.717) is 5.82 Å². The topological polar surface area (TPSA) is 101 Å². The first-order valence-electron chi connectivity index (χ1n) is 4.49. The average molecular weight is 247 g/mol. The second-order valence-corrected chi connectivity index (χ2v) is 5.08. The summed E-state index contributed by atoms with van der Waals surface area (Å²) < 4.78 is 26.9. The van der Waals surface area contributed by atoms with Crippen molar-refractivity contribution in [2.45, 2.75) is 24.9 Å². The Hall–Kier alpha value is -1.41. The Bertz CT molecular complexity index is 486. The summed E-state index contributed by atoms with van der Waals surface area (Å²) in [6.45, 7) is 2.90. The highest BCUT2D eigenvalue weighted by molar-refractivity contribution is 7.89. The molecular formula is C8H13N3O4S. The zero-order chi connectivity index (χ0) is 12.5. The van der Waals surface area contributed by atoms with E-state index < -0.39 is 22.0 Å². The Morgan fingerprint density at radius 1 is 1.62 bits per heavy atom. The van der Waals surface area contributed by atoms with Crippen LogP contribution in [0.2, 0.25) is 0 Å². The fourth-order valence-electron chi connectivity index (χ4n) is 0.999. The van der Waals surface area contributed by atoms with E-state index in [9.17, 15) is 13.2 Å². The molecule has 0 aliphatic rings. The van der Waals surface area contributed by atoms with Gasteiger partial charge in [0.05, 0.1) is 0 Å². The van der Waals surface area contributed by atoms with Gasteiger partial charge in [0.2, 0.25) is 0 Å². The van der Waals surface area contributed by atoms with Gasteiger partial charge in [-0.2, -0.15) is 4.72 Å². The zero-order valence-electron chi connectivity index (χ0n) is 9.13. The molecule has 1 unspecified atom stereocenters. The van der Waals surface area contributed by atoms with Crippen molar-refractivity contribution in [2.24, 2.45) is 7.05 Å². The third-order valence-corrected chi connectivity index (χ3v) is 3.48. The predicted octanol–water partition coefficient (Wildman–Crippen LogP) is -0.520. The van der Waals surface area contributed by atoms with E-state index >= 15 is 0 Å². The van der Waals surface area contributed by atoms with Crippen LogP contribution in [-0.2, 0) is 21.9 Å². The van der Waals surface area contributed by atoms with E-state index in [2.05, 4.69) is 4.98 Å². The lowest BCUT2D eigenvalue weighted by atomic mass is 10.4. The molecule has 7 nitrogen and oxygen atoms in total. The van der Waals surface area contributed by atoms with Gasteiger partial charge in [0.15, 0.2) is 5.03 Å². The van der Waals surface area contributed by atoms with Crippen LogP contribution in [0.5, 0.6) is 0 Å². The van der Waals surface area contributed by atoms with Gasteiger partial charge in [0.1, 0.15) is 11.9 Å². The van der Waals surface area contributed by atoms with Crippen LogP contribution in [0.4, 0.5) is 0 Å². The van der Waals surface area contributed by atoms with Crippen molar-refractivity contribution in [1.29, 1.82) is 0 Å². The summed E-state index contributed by atoms with van der Waals surface area (Å²) in [5.41, 5.74) is 0. The number of sulfonamides is 1. The van der Waals surface area contributed by atoms with E-state index in [0.717, 1.165) is 0 Å². The van der Waals surface area contributed by atoms with Gasteiger partial charge in [0, 0.05) is 13.2 Å². The van der Waals surface area contributed by atoms with Gasteiger partial charge in [-0.25, -0.2) is 13.4 Å². The number of nitrogens with zero attached hydrogens (tertiary/aromatic N) is 2. The van der Waals surface area contributed by atoms with Crippen molar-refractivity contribution in [3.8, 4) is 0 Å². The molecule has 0 radical (unpaired) electrons. The molecule has 1 aromatic rings. The summed E-state index contributed by atoms with van der Waals surface area (Å²) >= 11 is 0. The van der Waals surface area contributed by atoms with Gasteiger partial charge in [-0.1, -0.05) is 0 Å². The second-order valence-electron chi connectivity index (χ2n) is 3.42. The van der Waals surface area contributed by atoms with Gasteiger partial charge in [0.25, 0.3) is 10.0 Å². The fourth-order valence-corrected chi connectivity index (χ4v) is 2.24. The lowest BCUT2D eigenvalue weighted by Gasteiger charge is -2.07. The molecule has 1 heterocycles. The van der Waals surface area contributed by atoms with Crippen LogP contribution in [0.1, 0.15) is 12.7 Å². The Kier molecular flexibility index (Phi) is 3.34. The largest absolute Gasteiger partial charge is 0.480 e. The first-order valence-corrected chi connectivity index (χ1v) is 5.97. The van der Waals surface area contributed by atoms with E-state index in [1.165, 1.54) is 13.1 Å². The molecule has 8 heteroatoms. The monoisotopic (exact) mass is 247 g/mol.